The van der Waals surface area contributed by atoms with Gasteiger partial charge in [-0.3, -0.25) is 0 Å². The zero-order valence-electron chi connectivity index (χ0n) is 11.9. The molecule has 0 radical (unpaired) electrons. The van der Waals surface area contributed by atoms with E-state index in [4.69, 9.17) is 10.2 Å². The molecule has 3 rings (SSSR count). The van der Waals surface area contributed by atoms with Crippen molar-refractivity contribution in [3.63, 3.8) is 0 Å². The van der Waals surface area contributed by atoms with Gasteiger partial charge in [-0.25, -0.2) is 0 Å². The second-order valence-corrected chi connectivity index (χ2v) is 5.43. The van der Waals surface area contributed by atoms with Crippen molar-refractivity contribution in [3.05, 3.63) is 71.0 Å². The molecule has 0 saturated carbocycles. The highest BCUT2D eigenvalue weighted by molar-refractivity contribution is 5.77. The van der Waals surface area contributed by atoms with E-state index in [-0.39, 0.29) is 6.04 Å². The maximum absolute atomic E-state index is 6.32. The van der Waals surface area contributed by atoms with Crippen LogP contribution in [0.15, 0.2) is 52.9 Å². The molecule has 0 amide bonds. The van der Waals surface area contributed by atoms with E-state index in [0.717, 1.165) is 23.2 Å². The van der Waals surface area contributed by atoms with Crippen molar-refractivity contribution in [2.75, 3.05) is 0 Å². The van der Waals surface area contributed by atoms with Crippen molar-refractivity contribution in [3.8, 4) is 0 Å². The van der Waals surface area contributed by atoms with Crippen LogP contribution >= 0.6 is 0 Å². The Morgan fingerprint density at radius 1 is 1.05 bits per heavy atom. The minimum absolute atomic E-state index is 0.108. The average Bonchev–Trinajstić information content (AvgIpc) is 2.87. The minimum atomic E-state index is -0.108. The molecule has 0 aliphatic rings. The van der Waals surface area contributed by atoms with Crippen LogP contribution in [0.5, 0.6) is 0 Å². The Bertz CT molecular complexity index is 709. The molecule has 1 unspecified atom stereocenters. The molecule has 0 aliphatic carbocycles. The van der Waals surface area contributed by atoms with Crippen LogP contribution in [0.25, 0.3) is 11.0 Å². The lowest BCUT2D eigenvalue weighted by atomic mass is 9.98. The Kier molecular flexibility index (Phi) is 3.33. The molecule has 0 saturated heterocycles. The lowest BCUT2D eigenvalue weighted by Gasteiger charge is -2.12. The van der Waals surface area contributed by atoms with Crippen molar-refractivity contribution >= 4 is 11.0 Å². The molecule has 0 spiro atoms. The Hall–Kier alpha value is -2.06. The summed E-state index contributed by atoms with van der Waals surface area (Å²) in [5, 5.41) is 1.11. The minimum Gasteiger partial charge on any atom is -0.459 e. The fourth-order valence-corrected chi connectivity index (χ4v) is 2.54. The summed E-state index contributed by atoms with van der Waals surface area (Å²) in [7, 11) is 0. The molecular weight excluding hydrogens is 246 g/mol. The summed E-state index contributed by atoms with van der Waals surface area (Å²) in [5.74, 6) is 0.854. The highest BCUT2D eigenvalue weighted by atomic mass is 16.3. The van der Waals surface area contributed by atoms with E-state index < -0.39 is 0 Å². The summed E-state index contributed by atoms with van der Waals surface area (Å²) < 4.78 is 5.85. The molecule has 2 aromatic carbocycles. The number of furan rings is 1. The van der Waals surface area contributed by atoms with Gasteiger partial charge in [-0.2, -0.15) is 0 Å². The van der Waals surface area contributed by atoms with E-state index >= 15 is 0 Å². The van der Waals surface area contributed by atoms with Gasteiger partial charge in [0.2, 0.25) is 0 Å². The third-order valence-electron chi connectivity index (χ3n) is 3.75. The van der Waals surface area contributed by atoms with Crippen LogP contribution in [-0.4, -0.2) is 0 Å². The number of fused-ring (bicyclic) bond motifs is 1. The smallest absolute Gasteiger partial charge is 0.134 e. The summed E-state index contributed by atoms with van der Waals surface area (Å²) in [6, 6.07) is 16.4. The van der Waals surface area contributed by atoms with Crippen LogP contribution < -0.4 is 5.73 Å². The molecule has 1 atom stereocenters. The molecular formula is C18H19NO. The normalized spacial score (nSPS) is 12.8. The first-order valence-corrected chi connectivity index (χ1v) is 6.93. The molecule has 2 nitrogen and oxygen atoms in total. The van der Waals surface area contributed by atoms with Crippen LogP contribution in [0.2, 0.25) is 0 Å². The molecule has 0 fully saturated rings. The fraction of sp³-hybridized carbons (Fsp3) is 0.222. The van der Waals surface area contributed by atoms with Crippen LogP contribution in [0, 0.1) is 13.8 Å². The second-order valence-electron chi connectivity index (χ2n) is 5.43. The molecule has 20 heavy (non-hydrogen) atoms. The van der Waals surface area contributed by atoms with Gasteiger partial charge in [-0.1, -0.05) is 42.0 Å². The summed E-state index contributed by atoms with van der Waals surface area (Å²) >= 11 is 0. The molecule has 1 aromatic heterocycles. The van der Waals surface area contributed by atoms with Gasteiger partial charge in [0.15, 0.2) is 0 Å². The van der Waals surface area contributed by atoms with Gasteiger partial charge in [0.25, 0.3) is 0 Å². The van der Waals surface area contributed by atoms with Crippen molar-refractivity contribution < 1.29 is 4.42 Å². The zero-order valence-corrected chi connectivity index (χ0v) is 11.9. The molecule has 3 aromatic rings. The second kappa shape index (κ2) is 5.14. The quantitative estimate of drug-likeness (QED) is 0.767. The molecule has 2 N–H and O–H groups in total. The first-order valence-electron chi connectivity index (χ1n) is 6.93. The summed E-state index contributed by atoms with van der Waals surface area (Å²) in [5.41, 5.74) is 11.1. The molecule has 1 heterocycles. The van der Waals surface area contributed by atoms with Crippen molar-refractivity contribution in [2.24, 2.45) is 5.73 Å². The van der Waals surface area contributed by atoms with Crippen molar-refractivity contribution in [1.82, 2.24) is 0 Å². The van der Waals surface area contributed by atoms with E-state index in [2.05, 4.69) is 32.0 Å². The molecule has 2 heteroatoms. The number of hydrogen-bond acceptors (Lipinski definition) is 2. The number of hydrogen-bond donors (Lipinski definition) is 1. The Balaban J connectivity index is 1.88. The van der Waals surface area contributed by atoms with Crippen molar-refractivity contribution in [1.29, 1.82) is 0 Å². The van der Waals surface area contributed by atoms with Crippen LogP contribution in [-0.2, 0) is 6.42 Å². The van der Waals surface area contributed by atoms with E-state index in [1.54, 1.807) is 0 Å². The van der Waals surface area contributed by atoms with Crippen LogP contribution in [0.1, 0.15) is 28.5 Å². The van der Waals surface area contributed by atoms with Gasteiger partial charge in [0, 0.05) is 5.39 Å². The van der Waals surface area contributed by atoms with Gasteiger partial charge >= 0.3 is 0 Å². The van der Waals surface area contributed by atoms with Gasteiger partial charge in [-0.15, -0.1) is 0 Å². The summed E-state index contributed by atoms with van der Waals surface area (Å²) in [4.78, 5) is 0. The number of nitrogens with two attached hydrogens (primary N) is 1. The third kappa shape index (κ3) is 2.47. The highest BCUT2D eigenvalue weighted by Crippen LogP contribution is 2.25. The molecule has 0 bridgehead atoms. The van der Waals surface area contributed by atoms with E-state index in [9.17, 15) is 0 Å². The monoisotopic (exact) mass is 265 g/mol. The summed E-state index contributed by atoms with van der Waals surface area (Å²) in [6.45, 7) is 4.23. The largest absolute Gasteiger partial charge is 0.459 e. The number of rotatable bonds is 3. The van der Waals surface area contributed by atoms with Gasteiger partial charge in [0.1, 0.15) is 11.3 Å². The predicted octanol–water partition coefficient (Wildman–Crippen LogP) is 4.29. The van der Waals surface area contributed by atoms with Gasteiger partial charge < -0.3 is 10.2 Å². The Morgan fingerprint density at radius 2 is 1.85 bits per heavy atom. The number of benzene rings is 2. The average molecular weight is 265 g/mol. The Labute approximate surface area is 119 Å². The number of para-hydroxylation sites is 1. The lowest BCUT2D eigenvalue weighted by molar-refractivity contribution is 0.493. The van der Waals surface area contributed by atoms with E-state index in [1.165, 1.54) is 16.7 Å². The third-order valence-corrected chi connectivity index (χ3v) is 3.75. The molecule has 102 valence electrons. The highest BCUT2D eigenvalue weighted by Gasteiger charge is 2.13. The maximum Gasteiger partial charge on any atom is 0.134 e. The predicted molar refractivity (Wildman–Crippen MR) is 82.8 cm³/mol. The van der Waals surface area contributed by atoms with Crippen LogP contribution in [0.4, 0.5) is 0 Å². The SMILES string of the molecule is Cc1ccc(C)c(CC(N)c2cc3ccccc3o2)c1. The maximum atomic E-state index is 6.32. The van der Waals surface area contributed by atoms with E-state index in [0.29, 0.717) is 0 Å². The van der Waals surface area contributed by atoms with Gasteiger partial charge in [0.05, 0.1) is 6.04 Å². The van der Waals surface area contributed by atoms with E-state index in [1.807, 2.05) is 30.3 Å². The van der Waals surface area contributed by atoms with Crippen LogP contribution in [0.3, 0.4) is 0 Å². The lowest BCUT2D eigenvalue weighted by Crippen LogP contribution is -2.13. The zero-order chi connectivity index (χ0) is 14.1. The standard InChI is InChI=1S/C18H19NO/c1-12-7-8-13(2)15(9-12)10-16(19)18-11-14-5-3-4-6-17(14)20-18/h3-9,11,16H,10,19H2,1-2H3. The fourth-order valence-electron chi connectivity index (χ4n) is 2.54. The molecule has 0 aliphatic heterocycles. The summed E-state index contributed by atoms with van der Waals surface area (Å²) in [6.07, 6.45) is 0.799. The van der Waals surface area contributed by atoms with Crippen molar-refractivity contribution in [2.45, 2.75) is 26.3 Å². The van der Waals surface area contributed by atoms with Gasteiger partial charge in [-0.05, 0) is 43.5 Å². The first-order chi connectivity index (χ1) is 9.63. The first kappa shape index (κ1) is 12.9. The topological polar surface area (TPSA) is 39.2 Å². The number of aryl methyl sites for hydroxylation is 2. The Morgan fingerprint density at radius 3 is 2.65 bits per heavy atom.